The summed E-state index contributed by atoms with van der Waals surface area (Å²) in [5, 5.41) is 0. The van der Waals surface area contributed by atoms with Crippen molar-refractivity contribution in [2.75, 3.05) is 72.1 Å². The van der Waals surface area contributed by atoms with E-state index in [-0.39, 0.29) is 37.0 Å². The zero-order valence-electron chi connectivity index (χ0n) is 23.5. The highest BCUT2D eigenvalue weighted by atomic mass is 19.4. The standard InChI is InChI=1S/C30H34F6N4O3/c31-29(32,33)23-16-22(17-24(18-23)30(34,35)36)28(42)40-7-6-26(25(19-40)21-4-2-1-3-5-21)38-10-8-37(9-11-38)20-27(41)39-12-14-43-15-13-39/h1-5,16-18,25-26H,6-15,19-20H2/t25-,26-/m1/s1. The van der Waals surface area contributed by atoms with Crippen LogP contribution in [0.4, 0.5) is 26.3 Å². The van der Waals surface area contributed by atoms with E-state index in [0.717, 1.165) is 5.56 Å². The lowest BCUT2D eigenvalue weighted by Gasteiger charge is -2.47. The topological polar surface area (TPSA) is 56.3 Å². The summed E-state index contributed by atoms with van der Waals surface area (Å²) in [7, 11) is 0. The van der Waals surface area contributed by atoms with E-state index in [0.29, 0.717) is 77.6 Å². The molecule has 3 saturated heterocycles. The van der Waals surface area contributed by atoms with E-state index in [1.54, 1.807) is 0 Å². The molecular formula is C30H34F6N4O3. The van der Waals surface area contributed by atoms with Crippen LogP contribution in [0.3, 0.4) is 0 Å². The number of halogens is 6. The molecule has 0 N–H and O–H groups in total. The molecule has 3 aliphatic heterocycles. The molecule has 0 aliphatic carbocycles. The molecule has 5 rings (SSSR count). The minimum atomic E-state index is -5.04. The van der Waals surface area contributed by atoms with E-state index in [4.69, 9.17) is 4.74 Å². The highest BCUT2D eigenvalue weighted by Crippen LogP contribution is 2.38. The second kappa shape index (κ2) is 12.8. The predicted octanol–water partition coefficient (Wildman–Crippen LogP) is 4.20. The summed E-state index contributed by atoms with van der Waals surface area (Å²) in [6.45, 7) is 5.70. The number of rotatable bonds is 5. The lowest BCUT2D eigenvalue weighted by atomic mass is 9.84. The summed E-state index contributed by atoms with van der Waals surface area (Å²) in [6.07, 6.45) is -9.57. The first-order chi connectivity index (χ1) is 20.4. The van der Waals surface area contributed by atoms with Crippen LogP contribution in [0.25, 0.3) is 0 Å². The molecule has 3 aliphatic rings. The maximum Gasteiger partial charge on any atom is 0.416 e. The number of piperazine rings is 1. The van der Waals surface area contributed by atoms with Crippen LogP contribution in [-0.4, -0.2) is 110 Å². The van der Waals surface area contributed by atoms with Crippen molar-refractivity contribution in [3.05, 3.63) is 70.8 Å². The van der Waals surface area contributed by atoms with Crippen LogP contribution in [0.5, 0.6) is 0 Å². The monoisotopic (exact) mass is 612 g/mol. The summed E-state index contributed by atoms with van der Waals surface area (Å²) in [6, 6.07) is 10.5. The Morgan fingerprint density at radius 1 is 0.767 bits per heavy atom. The van der Waals surface area contributed by atoms with Gasteiger partial charge in [-0.2, -0.15) is 26.3 Å². The number of likely N-dealkylation sites (tertiary alicyclic amines) is 1. The van der Waals surface area contributed by atoms with E-state index in [2.05, 4.69) is 9.80 Å². The van der Waals surface area contributed by atoms with Crippen molar-refractivity contribution >= 4 is 11.8 Å². The zero-order chi connectivity index (χ0) is 30.8. The molecule has 2 aromatic rings. The Kier molecular flexibility index (Phi) is 9.33. The Hall–Kier alpha value is -3.16. The molecule has 2 aromatic carbocycles. The average Bonchev–Trinajstić information content (AvgIpc) is 3.00. The normalized spacial score (nSPS) is 22.9. The zero-order valence-corrected chi connectivity index (χ0v) is 23.5. The van der Waals surface area contributed by atoms with Gasteiger partial charge >= 0.3 is 12.4 Å². The molecule has 3 fully saturated rings. The van der Waals surface area contributed by atoms with Gasteiger partial charge in [0.1, 0.15) is 0 Å². The van der Waals surface area contributed by atoms with Gasteiger partial charge in [0, 0.05) is 69.9 Å². The SMILES string of the molecule is O=C(CN1CCN([C@@H]2CCN(C(=O)c3cc(C(F)(F)F)cc(C(F)(F)F)c3)C[C@@H]2c2ccccc2)CC1)N1CCOCC1. The molecule has 43 heavy (non-hydrogen) atoms. The van der Waals surface area contributed by atoms with Crippen molar-refractivity contribution in [2.24, 2.45) is 0 Å². The molecule has 13 heteroatoms. The number of amides is 2. The second-order valence-corrected chi connectivity index (χ2v) is 11.2. The fourth-order valence-electron chi connectivity index (χ4n) is 6.21. The van der Waals surface area contributed by atoms with E-state index in [1.165, 1.54) is 4.90 Å². The van der Waals surface area contributed by atoms with Gasteiger partial charge in [-0.3, -0.25) is 19.4 Å². The number of carbonyl (C=O) groups excluding carboxylic acids is 2. The highest BCUT2D eigenvalue weighted by molar-refractivity contribution is 5.95. The van der Waals surface area contributed by atoms with Gasteiger partial charge in [0.05, 0.1) is 30.9 Å². The first kappa shape index (κ1) is 31.3. The second-order valence-electron chi connectivity index (χ2n) is 11.2. The van der Waals surface area contributed by atoms with Crippen LogP contribution in [0.1, 0.15) is 39.4 Å². The Bertz CT molecular complexity index is 1240. The number of carbonyl (C=O) groups is 2. The molecule has 7 nitrogen and oxygen atoms in total. The molecule has 0 spiro atoms. The van der Waals surface area contributed by atoms with Crippen molar-refractivity contribution in [3.63, 3.8) is 0 Å². The van der Waals surface area contributed by atoms with Crippen LogP contribution < -0.4 is 0 Å². The number of nitrogens with zero attached hydrogens (tertiary/aromatic N) is 4. The fraction of sp³-hybridized carbons (Fsp3) is 0.533. The molecular weight excluding hydrogens is 578 g/mol. The molecule has 0 bridgehead atoms. The van der Waals surface area contributed by atoms with Gasteiger partial charge < -0.3 is 14.5 Å². The first-order valence-corrected chi connectivity index (χ1v) is 14.4. The number of ether oxygens (including phenoxy) is 1. The quantitative estimate of drug-likeness (QED) is 0.474. The van der Waals surface area contributed by atoms with Crippen LogP contribution in [0.15, 0.2) is 48.5 Å². The molecule has 2 atom stereocenters. The number of hydrogen-bond acceptors (Lipinski definition) is 5. The third-order valence-corrected chi connectivity index (χ3v) is 8.52. The summed E-state index contributed by atoms with van der Waals surface area (Å²) < 4.78 is 86.0. The number of morpholine rings is 1. The van der Waals surface area contributed by atoms with E-state index in [1.807, 2.05) is 35.2 Å². The van der Waals surface area contributed by atoms with Crippen molar-refractivity contribution < 1.29 is 40.7 Å². The molecule has 3 heterocycles. The van der Waals surface area contributed by atoms with Crippen molar-refractivity contribution in [3.8, 4) is 0 Å². The van der Waals surface area contributed by atoms with Gasteiger partial charge in [-0.1, -0.05) is 30.3 Å². The summed E-state index contributed by atoms with van der Waals surface area (Å²) >= 11 is 0. The lowest BCUT2D eigenvalue weighted by molar-refractivity contribution is -0.143. The molecule has 0 radical (unpaired) electrons. The minimum Gasteiger partial charge on any atom is -0.378 e. The summed E-state index contributed by atoms with van der Waals surface area (Å²) in [5.41, 5.74) is -2.71. The molecule has 0 saturated carbocycles. The van der Waals surface area contributed by atoms with E-state index in [9.17, 15) is 35.9 Å². The third kappa shape index (κ3) is 7.50. The minimum absolute atomic E-state index is 0.00999. The van der Waals surface area contributed by atoms with Crippen LogP contribution >= 0.6 is 0 Å². The van der Waals surface area contributed by atoms with Gasteiger partial charge in [0.25, 0.3) is 5.91 Å². The van der Waals surface area contributed by atoms with E-state index < -0.39 is 35.0 Å². The van der Waals surface area contributed by atoms with Crippen molar-refractivity contribution in [2.45, 2.75) is 30.7 Å². The lowest BCUT2D eigenvalue weighted by Crippen LogP contribution is -2.57. The predicted molar refractivity (Wildman–Crippen MR) is 145 cm³/mol. The van der Waals surface area contributed by atoms with Gasteiger partial charge in [-0.05, 0) is 30.2 Å². The van der Waals surface area contributed by atoms with Gasteiger partial charge in [-0.25, -0.2) is 0 Å². The summed E-state index contributed by atoms with van der Waals surface area (Å²) in [5.74, 6) is -0.982. The Morgan fingerprint density at radius 2 is 1.37 bits per heavy atom. The number of alkyl halides is 6. The van der Waals surface area contributed by atoms with Crippen molar-refractivity contribution in [1.29, 1.82) is 0 Å². The van der Waals surface area contributed by atoms with E-state index >= 15 is 0 Å². The maximum atomic E-state index is 13.4. The molecule has 0 unspecified atom stereocenters. The van der Waals surface area contributed by atoms with Gasteiger partial charge in [-0.15, -0.1) is 0 Å². The molecule has 234 valence electrons. The Labute approximate surface area is 246 Å². The molecule has 2 amide bonds. The van der Waals surface area contributed by atoms with Gasteiger partial charge in [0.15, 0.2) is 0 Å². The average molecular weight is 613 g/mol. The highest BCUT2D eigenvalue weighted by Gasteiger charge is 2.40. The largest absolute Gasteiger partial charge is 0.416 e. The Morgan fingerprint density at radius 3 is 1.95 bits per heavy atom. The van der Waals surface area contributed by atoms with Crippen LogP contribution in [0, 0.1) is 0 Å². The smallest absolute Gasteiger partial charge is 0.378 e. The number of hydrogen-bond donors (Lipinski definition) is 0. The summed E-state index contributed by atoms with van der Waals surface area (Å²) in [4.78, 5) is 33.7. The van der Waals surface area contributed by atoms with Crippen LogP contribution in [0.2, 0.25) is 0 Å². The van der Waals surface area contributed by atoms with Gasteiger partial charge in [0.2, 0.25) is 5.91 Å². The maximum absolute atomic E-state index is 13.4. The fourth-order valence-corrected chi connectivity index (χ4v) is 6.21. The third-order valence-electron chi connectivity index (χ3n) is 8.52. The van der Waals surface area contributed by atoms with Crippen molar-refractivity contribution in [1.82, 2.24) is 19.6 Å². The Balaban J connectivity index is 1.30. The number of piperidine rings is 1. The first-order valence-electron chi connectivity index (χ1n) is 14.4. The molecule has 0 aromatic heterocycles. The number of benzene rings is 2. The van der Waals surface area contributed by atoms with Crippen LogP contribution in [-0.2, 0) is 21.9 Å².